The number of carbonyl (C=O) groups is 2. The first-order valence-corrected chi connectivity index (χ1v) is 6.97. The molecule has 1 saturated heterocycles. The topological polar surface area (TPSA) is 99.1 Å². The second-order valence-electron chi connectivity index (χ2n) is 4.93. The summed E-state index contributed by atoms with van der Waals surface area (Å²) in [6, 6.07) is 11.3. The Hall–Kier alpha value is -1.96. The summed E-state index contributed by atoms with van der Waals surface area (Å²) in [4.78, 5) is 20.7. The van der Waals surface area contributed by atoms with E-state index in [0.717, 1.165) is 32.8 Å². The number of ether oxygens (including phenoxy) is 1. The van der Waals surface area contributed by atoms with Crippen molar-refractivity contribution in [3.8, 4) is 0 Å². The molecule has 0 aliphatic carbocycles. The number of nitrogens with one attached hydrogen (secondary N) is 1. The minimum Gasteiger partial charge on any atom is -0.473 e. The van der Waals surface area contributed by atoms with Crippen LogP contribution in [0.1, 0.15) is 5.56 Å². The maximum atomic E-state index is 9.10. The molecule has 7 heteroatoms. The summed E-state index contributed by atoms with van der Waals surface area (Å²) in [5, 5.41) is 18.3. The Morgan fingerprint density at radius 1 is 1.23 bits per heavy atom. The fraction of sp³-hybridized carbons (Fsp3) is 0.467. The number of carboxylic acid groups (broad SMARTS) is 2. The Balaban J connectivity index is 0.000000346. The molecule has 0 spiro atoms. The van der Waals surface area contributed by atoms with Gasteiger partial charge in [0, 0.05) is 39.3 Å². The van der Waals surface area contributed by atoms with Gasteiger partial charge in [0.1, 0.15) is 0 Å². The zero-order valence-electron chi connectivity index (χ0n) is 12.6. The molecule has 0 aromatic heterocycles. The van der Waals surface area contributed by atoms with Crippen LogP contribution in [0.2, 0.25) is 0 Å². The molecule has 3 N–H and O–H groups in total. The van der Waals surface area contributed by atoms with Gasteiger partial charge in [-0.25, -0.2) is 9.59 Å². The molecule has 1 aromatic carbocycles. The molecule has 7 nitrogen and oxygen atoms in total. The minimum absolute atomic E-state index is 0.652. The number of carboxylic acids is 2. The molecule has 1 aliphatic rings. The van der Waals surface area contributed by atoms with Crippen molar-refractivity contribution in [2.75, 3.05) is 33.4 Å². The summed E-state index contributed by atoms with van der Waals surface area (Å²) < 4.78 is 5.01. The fourth-order valence-electron chi connectivity index (χ4n) is 2.03. The standard InChI is InChI=1S/C13H20N2O.C2H2O4/c1-16-8-7-14-13-10-15(11-13)9-12-5-3-2-4-6-12;3-1(4)2(5)6/h2-6,13-14H,7-11H2,1H3;(H,3,4)(H,5,6). The van der Waals surface area contributed by atoms with Gasteiger partial charge in [0.2, 0.25) is 0 Å². The van der Waals surface area contributed by atoms with Gasteiger partial charge >= 0.3 is 11.9 Å². The molecule has 22 heavy (non-hydrogen) atoms. The highest BCUT2D eigenvalue weighted by atomic mass is 16.5. The third-order valence-electron chi connectivity index (χ3n) is 3.13. The predicted molar refractivity (Wildman–Crippen MR) is 80.7 cm³/mol. The van der Waals surface area contributed by atoms with Crippen LogP contribution in [0, 0.1) is 0 Å². The lowest BCUT2D eigenvalue weighted by Crippen LogP contribution is -2.57. The van der Waals surface area contributed by atoms with Gasteiger partial charge in [0.05, 0.1) is 6.61 Å². The van der Waals surface area contributed by atoms with E-state index in [9.17, 15) is 0 Å². The van der Waals surface area contributed by atoms with E-state index in [1.165, 1.54) is 5.56 Å². The smallest absolute Gasteiger partial charge is 0.414 e. The molecule has 1 aromatic rings. The maximum Gasteiger partial charge on any atom is 0.414 e. The second-order valence-corrected chi connectivity index (χ2v) is 4.93. The lowest BCUT2D eigenvalue weighted by molar-refractivity contribution is -0.159. The van der Waals surface area contributed by atoms with Crippen molar-refractivity contribution in [3.05, 3.63) is 35.9 Å². The second kappa shape index (κ2) is 9.88. The first-order chi connectivity index (χ1) is 10.5. The number of hydrogen-bond donors (Lipinski definition) is 3. The molecule has 1 fully saturated rings. The first-order valence-electron chi connectivity index (χ1n) is 6.97. The molecule has 0 amide bonds. The van der Waals surface area contributed by atoms with Crippen molar-refractivity contribution >= 4 is 11.9 Å². The summed E-state index contributed by atoms with van der Waals surface area (Å²) in [5.74, 6) is -3.65. The normalized spacial score (nSPS) is 14.6. The van der Waals surface area contributed by atoms with Gasteiger partial charge in [-0.15, -0.1) is 0 Å². The number of nitrogens with zero attached hydrogens (tertiary/aromatic N) is 1. The van der Waals surface area contributed by atoms with Crippen LogP contribution in [0.15, 0.2) is 30.3 Å². The van der Waals surface area contributed by atoms with Crippen molar-refractivity contribution in [1.29, 1.82) is 0 Å². The van der Waals surface area contributed by atoms with E-state index in [1.54, 1.807) is 7.11 Å². The van der Waals surface area contributed by atoms with E-state index >= 15 is 0 Å². The van der Waals surface area contributed by atoms with Crippen LogP contribution >= 0.6 is 0 Å². The zero-order valence-corrected chi connectivity index (χ0v) is 12.6. The van der Waals surface area contributed by atoms with Crippen molar-refractivity contribution in [1.82, 2.24) is 10.2 Å². The monoisotopic (exact) mass is 310 g/mol. The van der Waals surface area contributed by atoms with Crippen molar-refractivity contribution in [3.63, 3.8) is 0 Å². The fourth-order valence-corrected chi connectivity index (χ4v) is 2.03. The highest BCUT2D eigenvalue weighted by molar-refractivity contribution is 6.27. The van der Waals surface area contributed by atoms with E-state index in [4.69, 9.17) is 24.5 Å². The molecule has 1 aliphatic heterocycles. The minimum atomic E-state index is -1.82. The molecule has 0 bridgehead atoms. The third kappa shape index (κ3) is 7.16. The summed E-state index contributed by atoms with van der Waals surface area (Å²) in [7, 11) is 1.74. The van der Waals surface area contributed by atoms with Crippen LogP contribution in [0.4, 0.5) is 0 Å². The number of hydrogen-bond acceptors (Lipinski definition) is 5. The summed E-state index contributed by atoms with van der Waals surface area (Å²) >= 11 is 0. The number of benzene rings is 1. The number of aliphatic carboxylic acids is 2. The molecular weight excluding hydrogens is 288 g/mol. The number of methoxy groups -OCH3 is 1. The molecule has 0 unspecified atom stereocenters. The van der Waals surface area contributed by atoms with Crippen LogP contribution in [0.3, 0.4) is 0 Å². The van der Waals surface area contributed by atoms with Crippen LogP contribution in [0.25, 0.3) is 0 Å². The van der Waals surface area contributed by atoms with Crippen LogP contribution in [0.5, 0.6) is 0 Å². The van der Waals surface area contributed by atoms with E-state index in [-0.39, 0.29) is 0 Å². The highest BCUT2D eigenvalue weighted by Gasteiger charge is 2.25. The van der Waals surface area contributed by atoms with Crippen molar-refractivity contribution in [2.45, 2.75) is 12.6 Å². The Kier molecular flexibility index (Phi) is 8.13. The summed E-state index contributed by atoms with van der Waals surface area (Å²) in [6.45, 7) is 5.13. The van der Waals surface area contributed by atoms with E-state index in [0.29, 0.717) is 6.04 Å². The van der Waals surface area contributed by atoms with Crippen molar-refractivity contribution < 1.29 is 24.5 Å². The average molecular weight is 310 g/mol. The molecule has 1 heterocycles. The lowest BCUT2D eigenvalue weighted by Gasteiger charge is -2.39. The Labute approximate surface area is 129 Å². The van der Waals surface area contributed by atoms with Gasteiger partial charge in [-0.05, 0) is 5.56 Å². The van der Waals surface area contributed by atoms with Gasteiger partial charge in [0.15, 0.2) is 0 Å². The summed E-state index contributed by atoms with van der Waals surface area (Å²) in [6.07, 6.45) is 0. The molecule has 2 rings (SSSR count). The highest BCUT2D eigenvalue weighted by Crippen LogP contribution is 2.12. The maximum absolute atomic E-state index is 9.10. The van der Waals surface area contributed by atoms with E-state index in [1.807, 2.05) is 0 Å². The van der Waals surface area contributed by atoms with Crippen LogP contribution in [-0.4, -0.2) is 66.4 Å². The number of rotatable bonds is 6. The Morgan fingerprint density at radius 2 is 1.82 bits per heavy atom. The molecule has 122 valence electrons. The molecule has 0 radical (unpaired) electrons. The van der Waals surface area contributed by atoms with Gasteiger partial charge < -0.3 is 20.3 Å². The number of likely N-dealkylation sites (tertiary alicyclic amines) is 1. The van der Waals surface area contributed by atoms with Gasteiger partial charge in [0.25, 0.3) is 0 Å². The zero-order chi connectivity index (χ0) is 16.4. The first kappa shape index (κ1) is 18.1. The van der Waals surface area contributed by atoms with E-state index < -0.39 is 11.9 Å². The Morgan fingerprint density at radius 3 is 2.32 bits per heavy atom. The average Bonchev–Trinajstić information content (AvgIpc) is 2.46. The predicted octanol–water partition coefficient (Wildman–Crippen LogP) is 0.262. The van der Waals surface area contributed by atoms with Gasteiger partial charge in [-0.1, -0.05) is 30.3 Å². The molecule has 0 atom stereocenters. The largest absolute Gasteiger partial charge is 0.473 e. The van der Waals surface area contributed by atoms with Crippen LogP contribution < -0.4 is 5.32 Å². The SMILES string of the molecule is COCCNC1CN(Cc2ccccc2)C1.O=C(O)C(=O)O. The van der Waals surface area contributed by atoms with E-state index in [2.05, 4.69) is 40.5 Å². The van der Waals surface area contributed by atoms with Gasteiger partial charge in [-0.3, -0.25) is 4.90 Å². The van der Waals surface area contributed by atoms with Gasteiger partial charge in [-0.2, -0.15) is 0 Å². The third-order valence-corrected chi connectivity index (χ3v) is 3.13. The molecule has 0 saturated carbocycles. The molecular formula is C15H22N2O5. The van der Waals surface area contributed by atoms with Crippen LogP contribution in [-0.2, 0) is 20.9 Å². The summed E-state index contributed by atoms with van der Waals surface area (Å²) in [5.41, 5.74) is 1.40. The lowest BCUT2D eigenvalue weighted by atomic mass is 10.1. The quantitative estimate of drug-likeness (QED) is 0.512. The Bertz CT molecular complexity index is 448. The van der Waals surface area contributed by atoms with Crippen molar-refractivity contribution in [2.24, 2.45) is 0 Å².